The van der Waals surface area contributed by atoms with Gasteiger partial charge in [0.25, 0.3) is 0 Å². The van der Waals surface area contributed by atoms with Crippen molar-refractivity contribution in [3.63, 3.8) is 0 Å². The van der Waals surface area contributed by atoms with Crippen LogP contribution >= 0.6 is 0 Å². The van der Waals surface area contributed by atoms with Gasteiger partial charge in [-0.2, -0.15) is 0 Å². The minimum absolute atomic E-state index is 0.0479. The standard InChI is InChI=1S/C29H37N5O5/c1-37-25-15-14-20(17-26(25)38-2)28(29(36)30-21-9-4-3-5-10-21)33(18-22-11-8-16-39-22)27(35)19-34-24-13-7-6-12-23(24)31-32-34/h6-7,12-15,17,21-22,28H,3-5,8-11,16,18-19H2,1-2H3,(H,30,36). The molecule has 2 heterocycles. The molecule has 0 spiro atoms. The summed E-state index contributed by atoms with van der Waals surface area (Å²) in [6, 6.07) is 12.1. The third-order valence-electron chi connectivity index (χ3n) is 7.68. The molecule has 10 heteroatoms. The first-order chi connectivity index (χ1) is 19.1. The van der Waals surface area contributed by atoms with Crippen LogP contribution in [-0.2, 0) is 20.9 Å². The van der Waals surface area contributed by atoms with Crippen molar-refractivity contribution < 1.29 is 23.8 Å². The van der Waals surface area contributed by atoms with E-state index in [9.17, 15) is 9.59 Å². The molecule has 2 aliphatic rings. The summed E-state index contributed by atoms with van der Waals surface area (Å²) in [4.78, 5) is 29.8. The Morgan fingerprint density at radius 3 is 2.59 bits per heavy atom. The molecule has 2 unspecified atom stereocenters. The van der Waals surface area contributed by atoms with E-state index in [1.807, 2.05) is 30.3 Å². The van der Waals surface area contributed by atoms with Crippen LogP contribution in [0.3, 0.4) is 0 Å². The van der Waals surface area contributed by atoms with E-state index in [4.69, 9.17) is 14.2 Å². The molecule has 2 aromatic carbocycles. The summed E-state index contributed by atoms with van der Waals surface area (Å²) in [5.41, 5.74) is 2.12. The van der Waals surface area contributed by atoms with Crippen LogP contribution in [0.5, 0.6) is 11.5 Å². The van der Waals surface area contributed by atoms with Crippen LogP contribution < -0.4 is 14.8 Å². The molecule has 1 saturated heterocycles. The molecular formula is C29H37N5O5. The summed E-state index contributed by atoms with van der Waals surface area (Å²) in [7, 11) is 3.13. The second kappa shape index (κ2) is 12.5. The Hall–Kier alpha value is -3.66. The van der Waals surface area contributed by atoms with Gasteiger partial charge in [0.1, 0.15) is 18.1 Å². The smallest absolute Gasteiger partial charge is 0.247 e. The topological polar surface area (TPSA) is 108 Å². The number of amides is 2. The fraction of sp³-hybridized carbons (Fsp3) is 0.517. The summed E-state index contributed by atoms with van der Waals surface area (Å²) >= 11 is 0. The number of fused-ring (bicyclic) bond motifs is 1. The number of methoxy groups -OCH3 is 2. The second-order valence-electron chi connectivity index (χ2n) is 10.3. The maximum absolute atomic E-state index is 14.1. The highest BCUT2D eigenvalue weighted by Crippen LogP contribution is 2.33. The first-order valence-corrected chi connectivity index (χ1v) is 13.8. The van der Waals surface area contributed by atoms with Gasteiger partial charge in [0.05, 0.1) is 25.8 Å². The summed E-state index contributed by atoms with van der Waals surface area (Å²) in [6.45, 7) is 0.895. The zero-order valence-corrected chi connectivity index (χ0v) is 22.7. The van der Waals surface area contributed by atoms with E-state index < -0.39 is 6.04 Å². The lowest BCUT2D eigenvalue weighted by molar-refractivity contribution is -0.143. The molecule has 3 aromatic rings. The van der Waals surface area contributed by atoms with Crippen molar-refractivity contribution >= 4 is 22.8 Å². The van der Waals surface area contributed by atoms with Crippen molar-refractivity contribution in [3.05, 3.63) is 48.0 Å². The van der Waals surface area contributed by atoms with E-state index >= 15 is 0 Å². The van der Waals surface area contributed by atoms with Gasteiger partial charge < -0.3 is 24.4 Å². The van der Waals surface area contributed by atoms with Crippen molar-refractivity contribution in [2.45, 2.75) is 69.7 Å². The van der Waals surface area contributed by atoms with Gasteiger partial charge >= 0.3 is 0 Å². The van der Waals surface area contributed by atoms with Crippen LogP contribution in [0.1, 0.15) is 56.6 Å². The average Bonchev–Trinajstić information content (AvgIpc) is 3.63. The van der Waals surface area contributed by atoms with Crippen LogP contribution in [-0.4, -0.2) is 71.2 Å². The minimum atomic E-state index is -0.877. The van der Waals surface area contributed by atoms with Crippen LogP contribution in [0.25, 0.3) is 11.0 Å². The Morgan fingerprint density at radius 2 is 1.85 bits per heavy atom. The molecular weight excluding hydrogens is 498 g/mol. The fourth-order valence-corrected chi connectivity index (χ4v) is 5.63. The van der Waals surface area contributed by atoms with Crippen LogP contribution in [0.2, 0.25) is 0 Å². The highest BCUT2D eigenvalue weighted by Gasteiger charge is 2.36. The number of carbonyl (C=O) groups is 2. The maximum atomic E-state index is 14.1. The monoisotopic (exact) mass is 535 g/mol. The molecule has 2 amide bonds. The van der Waals surface area contributed by atoms with Gasteiger partial charge in [-0.1, -0.05) is 42.7 Å². The predicted molar refractivity (Wildman–Crippen MR) is 146 cm³/mol. The van der Waals surface area contributed by atoms with Crippen molar-refractivity contribution in [2.24, 2.45) is 0 Å². The summed E-state index contributed by atoms with van der Waals surface area (Å²) in [6.07, 6.45) is 6.85. The minimum Gasteiger partial charge on any atom is -0.493 e. The van der Waals surface area contributed by atoms with E-state index in [1.54, 1.807) is 35.9 Å². The third kappa shape index (κ3) is 6.16. The van der Waals surface area contributed by atoms with Gasteiger partial charge in [-0.05, 0) is 55.5 Å². The third-order valence-corrected chi connectivity index (χ3v) is 7.68. The van der Waals surface area contributed by atoms with Crippen molar-refractivity contribution in [1.82, 2.24) is 25.2 Å². The number of hydrogen-bond donors (Lipinski definition) is 1. The molecule has 1 aromatic heterocycles. The number of hydrogen-bond acceptors (Lipinski definition) is 7. The fourth-order valence-electron chi connectivity index (χ4n) is 5.63. The molecule has 1 saturated carbocycles. The van der Waals surface area contributed by atoms with E-state index in [0.717, 1.165) is 44.0 Å². The molecule has 208 valence electrons. The van der Waals surface area contributed by atoms with E-state index in [1.165, 1.54) is 6.42 Å². The van der Waals surface area contributed by atoms with Crippen molar-refractivity contribution in [3.8, 4) is 11.5 Å². The lowest BCUT2D eigenvalue weighted by atomic mass is 9.94. The number of nitrogens with zero attached hydrogens (tertiary/aromatic N) is 4. The zero-order chi connectivity index (χ0) is 27.2. The SMILES string of the molecule is COc1ccc(C(C(=O)NC2CCCCC2)N(CC2CCCO2)C(=O)Cn2nnc3ccccc32)cc1OC. The maximum Gasteiger partial charge on any atom is 0.247 e. The summed E-state index contributed by atoms with van der Waals surface area (Å²) in [5.74, 6) is 0.611. The van der Waals surface area contributed by atoms with Crippen LogP contribution in [0, 0.1) is 0 Å². The molecule has 2 atom stereocenters. The predicted octanol–water partition coefficient (Wildman–Crippen LogP) is 3.65. The normalized spacial score (nSPS) is 18.6. The molecule has 1 N–H and O–H groups in total. The number of benzene rings is 2. The number of para-hydroxylation sites is 1. The number of nitrogens with one attached hydrogen (secondary N) is 1. The first-order valence-electron chi connectivity index (χ1n) is 13.8. The summed E-state index contributed by atoms with van der Waals surface area (Å²) < 4.78 is 18.5. The number of rotatable bonds is 10. The number of ether oxygens (including phenoxy) is 3. The Labute approximate surface area is 228 Å². The molecule has 0 bridgehead atoms. The molecule has 2 fully saturated rings. The molecule has 5 rings (SSSR count). The Morgan fingerprint density at radius 1 is 1.05 bits per heavy atom. The number of carbonyl (C=O) groups excluding carboxylic acids is 2. The summed E-state index contributed by atoms with van der Waals surface area (Å²) in [5, 5.41) is 11.7. The second-order valence-corrected chi connectivity index (χ2v) is 10.3. The molecule has 0 radical (unpaired) electrons. The Bertz CT molecular complexity index is 1280. The van der Waals surface area contributed by atoms with Crippen molar-refractivity contribution in [2.75, 3.05) is 27.4 Å². The molecule has 1 aliphatic heterocycles. The van der Waals surface area contributed by atoms with Gasteiger partial charge in [0.15, 0.2) is 11.5 Å². The van der Waals surface area contributed by atoms with E-state index in [0.29, 0.717) is 35.7 Å². The van der Waals surface area contributed by atoms with Crippen LogP contribution in [0.15, 0.2) is 42.5 Å². The highest BCUT2D eigenvalue weighted by atomic mass is 16.5. The largest absolute Gasteiger partial charge is 0.493 e. The van der Waals surface area contributed by atoms with Crippen LogP contribution in [0.4, 0.5) is 0 Å². The molecule has 39 heavy (non-hydrogen) atoms. The quantitative estimate of drug-likeness (QED) is 0.422. The lowest BCUT2D eigenvalue weighted by Gasteiger charge is -2.35. The van der Waals surface area contributed by atoms with Gasteiger partial charge in [-0.3, -0.25) is 9.59 Å². The molecule has 1 aliphatic carbocycles. The van der Waals surface area contributed by atoms with E-state index in [-0.39, 0.29) is 30.5 Å². The number of aromatic nitrogens is 3. The van der Waals surface area contributed by atoms with E-state index in [2.05, 4.69) is 15.6 Å². The van der Waals surface area contributed by atoms with Gasteiger partial charge in [0.2, 0.25) is 11.8 Å². The Kier molecular flexibility index (Phi) is 8.61. The first kappa shape index (κ1) is 26.9. The zero-order valence-electron chi connectivity index (χ0n) is 22.7. The Balaban J connectivity index is 1.51. The highest BCUT2D eigenvalue weighted by molar-refractivity contribution is 5.89. The lowest BCUT2D eigenvalue weighted by Crippen LogP contribution is -2.50. The molecule has 10 nitrogen and oxygen atoms in total. The van der Waals surface area contributed by atoms with Crippen molar-refractivity contribution in [1.29, 1.82) is 0 Å². The average molecular weight is 536 g/mol. The van der Waals surface area contributed by atoms with Gasteiger partial charge in [-0.15, -0.1) is 5.10 Å². The van der Waals surface area contributed by atoms with Gasteiger partial charge in [0, 0.05) is 19.2 Å². The van der Waals surface area contributed by atoms with Gasteiger partial charge in [-0.25, -0.2) is 4.68 Å².